The molecule has 0 aliphatic carbocycles. The van der Waals surface area contributed by atoms with Crippen LogP contribution in [0.15, 0.2) is 30.9 Å². The standard InChI is InChI=1S/C10H9O2/c1-2-7-12-10-6-4-3-5-9(10)8-11/h2,4-6,8H,1,7H2. The molecule has 61 valence electrons. The van der Waals surface area contributed by atoms with Crippen LogP contribution in [0.2, 0.25) is 0 Å². The summed E-state index contributed by atoms with van der Waals surface area (Å²) < 4.78 is 5.21. The summed E-state index contributed by atoms with van der Waals surface area (Å²) in [6.07, 6.45) is 2.38. The Bertz CT molecular complexity index is 279. The predicted octanol–water partition coefficient (Wildman–Crippen LogP) is 1.86. The first-order chi connectivity index (χ1) is 5.88. The third-order valence-electron chi connectivity index (χ3n) is 1.34. The maximum atomic E-state index is 10.5. The molecule has 0 unspecified atom stereocenters. The minimum absolute atomic E-state index is 0.408. The van der Waals surface area contributed by atoms with Crippen molar-refractivity contribution in [3.63, 3.8) is 0 Å². The largest absolute Gasteiger partial charge is 0.489 e. The first kappa shape index (κ1) is 8.53. The van der Waals surface area contributed by atoms with Crippen LogP contribution in [0.25, 0.3) is 0 Å². The number of carbonyl (C=O) groups excluding carboxylic acids is 1. The molecule has 0 aromatic heterocycles. The van der Waals surface area contributed by atoms with E-state index in [2.05, 4.69) is 12.6 Å². The highest BCUT2D eigenvalue weighted by Gasteiger charge is 1.98. The third kappa shape index (κ3) is 1.95. The van der Waals surface area contributed by atoms with E-state index >= 15 is 0 Å². The Kier molecular flexibility index (Phi) is 3.08. The van der Waals surface area contributed by atoms with Gasteiger partial charge in [-0.05, 0) is 18.2 Å². The van der Waals surface area contributed by atoms with Crippen molar-refractivity contribution in [2.24, 2.45) is 0 Å². The van der Waals surface area contributed by atoms with Crippen molar-refractivity contribution < 1.29 is 9.53 Å². The van der Waals surface area contributed by atoms with Crippen LogP contribution < -0.4 is 4.74 Å². The van der Waals surface area contributed by atoms with Gasteiger partial charge in [0.1, 0.15) is 12.4 Å². The van der Waals surface area contributed by atoms with Gasteiger partial charge in [-0.3, -0.25) is 4.79 Å². The minimum Gasteiger partial charge on any atom is -0.489 e. The van der Waals surface area contributed by atoms with Crippen LogP contribution in [0, 0.1) is 6.07 Å². The van der Waals surface area contributed by atoms with E-state index in [0.717, 1.165) is 6.29 Å². The lowest BCUT2D eigenvalue weighted by atomic mass is 10.2. The highest BCUT2D eigenvalue weighted by atomic mass is 16.5. The molecule has 1 rings (SSSR count). The maximum Gasteiger partial charge on any atom is 0.153 e. The minimum atomic E-state index is 0.408. The zero-order valence-electron chi connectivity index (χ0n) is 6.62. The Balaban J connectivity index is 2.81. The zero-order chi connectivity index (χ0) is 8.81. The molecule has 12 heavy (non-hydrogen) atoms. The number of benzene rings is 1. The van der Waals surface area contributed by atoms with Gasteiger partial charge in [-0.1, -0.05) is 18.7 Å². The smallest absolute Gasteiger partial charge is 0.153 e. The van der Waals surface area contributed by atoms with Crippen LogP contribution in [0.3, 0.4) is 0 Å². The SMILES string of the molecule is C=CCOc1cc[c]cc1C=O. The summed E-state index contributed by atoms with van der Waals surface area (Å²) in [6, 6.07) is 7.78. The summed E-state index contributed by atoms with van der Waals surface area (Å²) in [5.41, 5.74) is 0.513. The van der Waals surface area contributed by atoms with Gasteiger partial charge < -0.3 is 4.74 Å². The van der Waals surface area contributed by atoms with Crippen molar-refractivity contribution in [2.45, 2.75) is 0 Å². The molecule has 0 bridgehead atoms. The van der Waals surface area contributed by atoms with Crippen LogP contribution >= 0.6 is 0 Å². The monoisotopic (exact) mass is 161 g/mol. The lowest BCUT2D eigenvalue weighted by molar-refractivity contribution is 0.112. The molecule has 0 N–H and O–H groups in total. The van der Waals surface area contributed by atoms with Gasteiger partial charge in [-0.25, -0.2) is 0 Å². The number of carbonyl (C=O) groups is 1. The number of aldehydes is 1. The molecule has 0 amide bonds. The number of hydrogen-bond acceptors (Lipinski definition) is 2. The van der Waals surface area contributed by atoms with Crippen molar-refractivity contribution >= 4 is 6.29 Å². The lowest BCUT2D eigenvalue weighted by Crippen LogP contribution is -1.95. The van der Waals surface area contributed by atoms with Gasteiger partial charge >= 0.3 is 0 Å². The summed E-state index contributed by atoms with van der Waals surface area (Å²) >= 11 is 0. The van der Waals surface area contributed by atoms with Crippen molar-refractivity contribution in [3.8, 4) is 5.75 Å². The normalized spacial score (nSPS) is 9.00. The molecular weight excluding hydrogens is 152 g/mol. The Labute approximate surface area is 71.5 Å². The van der Waals surface area contributed by atoms with Crippen LogP contribution in [0.1, 0.15) is 10.4 Å². The second kappa shape index (κ2) is 4.34. The highest BCUT2D eigenvalue weighted by Crippen LogP contribution is 2.14. The summed E-state index contributed by atoms with van der Waals surface area (Å²) in [5, 5.41) is 0. The Morgan fingerprint density at radius 2 is 2.50 bits per heavy atom. The van der Waals surface area contributed by atoms with Crippen molar-refractivity contribution in [3.05, 3.63) is 42.5 Å². The Morgan fingerprint density at radius 3 is 3.17 bits per heavy atom. The molecule has 0 saturated heterocycles. The quantitative estimate of drug-likeness (QED) is 0.497. The molecule has 0 fully saturated rings. The van der Waals surface area contributed by atoms with Gasteiger partial charge in [0.25, 0.3) is 0 Å². The number of hydrogen-bond donors (Lipinski definition) is 0. The summed E-state index contributed by atoms with van der Waals surface area (Å²) in [6.45, 7) is 3.92. The molecule has 0 saturated carbocycles. The van der Waals surface area contributed by atoms with Gasteiger partial charge in [0.15, 0.2) is 6.29 Å². The second-order valence-electron chi connectivity index (χ2n) is 2.18. The molecular formula is C10H9O2. The summed E-state index contributed by atoms with van der Waals surface area (Å²) in [7, 11) is 0. The number of ether oxygens (including phenoxy) is 1. The van der Waals surface area contributed by atoms with Crippen LogP contribution in [-0.4, -0.2) is 12.9 Å². The summed E-state index contributed by atoms with van der Waals surface area (Å²) in [4.78, 5) is 10.5. The van der Waals surface area contributed by atoms with E-state index in [0.29, 0.717) is 17.9 Å². The van der Waals surface area contributed by atoms with Crippen LogP contribution in [-0.2, 0) is 0 Å². The molecule has 0 heterocycles. The van der Waals surface area contributed by atoms with E-state index in [1.54, 1.807) is 24.3 Å². The molecule has 1 aromatic carbocycles. The third-order valence-corrected chi connectivity index (χ3v) is 1.34. The fraction of sp³-hybridized carbons (Fsp3) is 0.100. The molecule has 2 nitrogen and oxygen atoms in total. The van der Waals surface area contributed by atoms with E-state index in [-0.39, 0.29) is 0 Å². The first-order valence-electron chi connectivity index (χ1n) is 3.57. The van der Waals surface area contributed by atoms with Gasteiger partial charge in [0.2, 0.25) is 0 Å². The lowest BCUT2D eigenvalue weighted by Gasteiger charge is -2.03. The maximum absolute atomic E-state index is 10.5. The fourth-order valence-corrected chi connectivity index (χ4v) is 0.801. The molecule has 0 atom stereocenters. The van der Waals surface area contributed by atoms with Crippen LogP contribution in [0.4, 0.5) is 0 Å². The molecule has 0 spiro atoms. The Hall–Kier alpha value is -1.57. The van der Waals surface area contributed by atoms with Crippen molar-refractivity contribution in [1.29, 1.82) is 0 Å². The van der Waals surface area contributed by atoms with E-state index in [9.17, 15) is 4.79 Å². The van der Waals surface area contributed by atoms with Crippen molar-refractivity contribution in [1.82, 2.24) is 0 Å². The molecule has 0 aliphatic rings. The second-order valence-corrected chi connectivity index (χ2v) is 2.18. The average molecular weight is 161 g/mol. The molecule has 1 radical (unpaired) electrons. The molecule has 1 aromatic rings. The average Bonchev–Trinajstić information content (AvgIpc) is 2.15. The zero-order valence-corrected chi connectivity index (χ0v) is 6.62. The van der Waals surface area contributed by atoms with Gasteiger partial charge in [0, 0.05) is 0 Å². The van der Waals surface area contributed by atoms with Crippen LogP contribution in [0.5, 0.6) is 5.75 Å². The summed E-state index contributed by atoms with van der Waals surface area (Å²) in [5.74, 6) is 0.573. The van der Waals surface area contributed by atoms with Gasteiger partial charge in [-0.15, -0.1) is 0 Å². The molecule has 2 heteroatoms. The van der Waals surface area contributed by atoms with E-state index in [1.165, 1.54) is 0 Å². The Morgan fingerprint density at radius 1 is 1.67 bits per heavy atom. The van der Waals surface area contributed by atoms with E-state index < -0.39 is 0 Å². The van der Waals surface area contributed by atoms with Crippen molar-refractivity contribution in [2.75, 3.05) is 6.61 Å². The topological polar surface area (TPSA) is 26.3 Å². The fourth-order valence-electron chi connectivity index (χ4n) is 0.801. The predicted molar refractivity (Wildman–Crippen MR) is 46.4 cm³/mol. The highest BCUT2D eigenvalue weighted by molar-refractivity contribution is 5.78. The van der Waals surface area contributed by atoms with E-state index in [1.807, 2.05) is 0 Å². The first-order valence-corrected chi connectivity index (χ1v) is 3.57. The van der Waals surface area contributed by atoms with Gasteiger partial charge in [-0.2, -0.15) is 0 Å². The molecule has 0 aliphatic heterocycles. The van der Waals surface area contributed by atoms with E-state index in [4.69, 9.17) is 4.74 Å². The number of rotatable bonds is 4. The van der Waals surface area contributed by atoms with Gasteiger partial charge in [0.05, 0.1) is 5.56 Å².